The Morgan fingerprint density at radius 2 is 1.54 bits per heavy atom. The minimum atomic E-state index is -0.677. The summed E-state index contributed by atoms with van der Waals surface area (Å²) >= 11 is 1.58. The monoisotopic (exact) mass is 369 g/mol. The zero-order valence-corrected chi connectivity index (χ0v) is 15.6. The van der Waals surface area contributed by atoms with Crippen LogP contribution in [0.5, 0.6) is 0 Å². The molecule has 1 saturated heterocycles. The normalized spacial score (nSPS) is 14.0. The van der Waals surface area contributed by atoms with Crippen molar-refractivity contribution in [3.05, 3.63) is 48.5 Å². The lowest BCUT2D eigenvalue weighted by Crippen LogP contribution is -2.30. The van der Waals surface area contributed by atoms with E-state index in [9.17, 15) is 9.59 Å². The molecule has 0 aliphatic carbocycles. The number of piperidine rings is 1. The second-order valence-electron chi connectivity index (χ2n) is 6.23. The Hall–Kier alpha value is -2.47. The van der Waals surface area contributed by atoms with Gasteiger partial charge in [-0.1, -0.05) is 6.07 Å². The number of thioether (sulfide) groups is 1. The van der Waals surface area contributed by atoms with Gasteiger partial charge in [0.25, 0.3) is 0 Å². The maximum atomic E-state index is 12.1. The number of nitrogens with one attached hydrogen (secondary N) is 2. The van der Waals surface area contributed by atoms with Gasteiger partial charge in [-0.25, -0.2) is 0 Å². The average Bonchev–Trinajstić information content (AvgIpc) is 2.69. The van der Waals surface area contributed by atoms with Gasteiger partial charge in [0, 0.05) is 35.0 Å². The number of amides is 2. The van der Waals surface area contributed by atoms with Gasteiger partial charge in [-0.2, -0.15) is 0 Å². The zero-order valence-electron chi connectivity index (χ0n) is 14.8. The number of carbonyl (C=O) groups is 2. The maximum absolute atomic E-state index is 12.1. The van der Waals surface area contributed by atoms with Crippen LogP contribution in [0.15, 0.2) is 53.4 Å². The lowest BCUT2D eigenvalue weighted by atomic mass is 10.1. The number of hydrogen-bond donors (Lipinski definition) is 2. The first kappa shape index (κ1) is 18.3. The van der Waals surface area contributed by atoms with Crippen LogP contribution in [0.1, 0.15) is 19.3 Å². The van der Waals surface area contributed by atoms with E-state index < -0.39 is 11.8 Å². The molecule has 0 spiro atoms. The highest BCUT2D eigenvalue weighted by molar-refractivity contribution is 7.98. The van der Waals surface area contributed by atoms with Crippen molar-refractivity contribution >= 4 is 40.6 Å². The maximum Gasteiger partial charge on any atom is 0.314 e. The number of carbonyl (C=O) groups excluding carboxylic acids is 2. The summed E-state index contributed by atoms with van der Waals surface area (Å²) in [6.07, 6.45) is 5.69. The molecular weight excluding hydrogens is 346 g/mol. The Bertz CT molecular complexity index is 771. The second kappa shape index (κ2) is 8.76. The molecule has 1 aliphatic heterocycles. The molecule has 0 unspecified atom stereocenters. The molecule has 3 rings (SSSR count). The summed E-state index contributed by atoms with van der Waals surface area (Å²) in [5, 5.41) is 5.27. The fraction of sp³-hybridized carbons (Fsp3) is 0.300. The summed E-state index contributed by atoms with van der Waals surface area (Å²) in [5.41, 5.74) is 2.38. The zero-order chi connectivity index (χ0) is 18.4. The van der Waals surface area contributed by atoms with Crippen molar-refractivity contribution < 1.29 is 9.59 Å². The van der Waals surface area contributed by atoms with Gasteiger partial charge in [-0.3, -0.25) is 9.59 Å². The van der Waals surface area contributed by atoms with Gasteiger partial charge in [0.1, 0.15) is 0 Å². The molecule has 0 radical (unpaired) electrons. The van der Waals surface area contributed by atoms with Crippen LogP contribution in [0.25, 0.3) is 0 Å². The van der Waals surface area contributed by atoms with Crippen molar-refractivity contribution in [2.45, 2.75) is 24.2 Å². The molecule has 136 valence electrons. The quantitative estimate of drug-likeness (QED) is 0.632. The third-order valence-corrected chi connectivity index (χ3v) is 5.11. The molecule has 6 heteroatoms. The van der Waals surface area contributed by atoms with Gasteiger partial charge in [0.15, 0.2) is 0 Å². The number of benzene rings is 2. The Balaban J connectivity index is 1.57. The van der Waals surface area contributed by atoms with Crippen molar-refractivity contribution in [2.75, 3.05) is 34.9 Å². The van der Waals surface area contributed by atoms with Crippen molar-refractivity contribution in [3.63, 3.8) is 0 Å². The number of hydrogen-bond acceptors (Lipinski definition) is 4. The van der Waals surface area contributed by atoms with Crippen LogP contribution >= 0.6 is 11.8 Å². The number of anilines is 3. The minimum Gasteiger partial charge on any atom is -0.372 e. The molecule has 1 aliphatic rings. The highest BCUT2D eigenvalue weighted by Gasteiger charge is 2.15. The van der Waals surface area contributed by atoms with Gasteiger partial charge in [0.05, 0.1) is 0 Å². The predicted molar refractivity (Wildman–Crippen MR) is 108 cm³/mol. The van der Waals surface area contributed by atoms with E-state index in [-0.39, 0.29) is 0 Å². The fourth-order valence-electron chi connectivity index (χ4n) is 2.98. The fourth-order valence-corrected chi connectivity index (χ4v) is 3.44. The first-order chi connectivity index (χ1) is 12.7. The van der Waals surface area contributed by atoms with E-state index in [4.69, 9.17) is 0 Å². The molecular formula is C20H23N3O2S. The second-order valence-corrected chi connectivity index (χ2v) is 7.11. The largest absolute Gasteiger partial charge is 0.372 e. The molecule has 2 N–H and O–H groups in total. The predicted octanol–water partition coefficient (Wildman–Crippen LogP) is 3.98. The van der Waals surface area contributed by atoms with E-state index in [1.54, 1.807) is 17.8 Å². The van der Waals surface area contributed by atoms with Crippen molar-refractivity contribution in [1.29, 1.82) is 0 Å². The lowest BCUT2D eigenvalue weighted by molar-refractivity contribution is -0.132. The minimum absolute atomic E-state index is 0.609. The Morgan fingerprint density at radius 1 is 0.885 bits per heavy atom. The van der Waals surface area contributed by atoms with Gasteiger partial charge in [-0.15, -0.1) is 11.8 Å². The first-order valence-electron chi connectivity index (χ1n) is 8.77. The smallest absolute Gasteiger partial charge is 0.314 e. The molecule has 0 atom stereocenters. The van der Waals surface area contributed by atoms with Gasteiger partial charge < -0.3 is 15.5 Å². The summed E-state index contributed by atoms with van der Waals surface area (Å²) in [7, 11) is 0. The molecule has 1 fully saturated rings. The standard InChI is InChI=1S/C20H23N3O2S/c1-26-18-7-5-6-16(14-18)22-20(25)19(24)21-15-8-10-17(11-9-15)23-12-3-2-4-13-23/h5-11,14H,2-4,12-13H2,1H3,(H,21,24)(H,22,25). The van der Waals surface area contributed by atoms with E-state index in [0.717, 1.165) is 23.7 Å². The lowest BCUT2D eigenvalue weighted by Gasteiger charge is -2.28. The van der Waals surface area contributed by atoms with E-state index >= 15 is 0 Å². The highest BCUT2D eigenvalue weighted by Crippen LogP contribution is 2.22. The van der Waals surface area contributed by atoms with Gasteiger partial charge in [-0.05, 0) is 68.0 Å². The summed E-state index contributed by atoms with van der Waals surface area (Å²) in [6.45, 7) is 2.15. The van der Waals surface area contributed by atoms with E-state index in [1.807, 2.05) is 48.7 Å². The molecule has 5 nitrogen and oxygen atoms in total. The molecule has 0 saturated carbocycles. The third-order valence-electron chi connectivity index (χ3n) is 4.38. The number of rotatable bonds is 4. The van der Waals surface area contributed by atoms with Gasteiger partial charge in [0.2, 0.25) is 0 Å². The molecule has 1 heterocycles. The Morgan fingerprint density at radius 3 is 2.19 bits per heavy atom. The molecule has 2 aromatic carbocycles. The third kappa shape index (κ3) is 4.79. The SMILES string of the molecule is CSc1cccc(NC(=O)C(=O)Nc2ccc(N3CCCCC3)cc2)c1. The molecule has 2 amide bonds. The summed E-state index contributed by atoms with van der Waals surface area (Å²) < 4.78 is 0. The van der Waals surface area contributed by atoms with Crippen LogP contribution in [0.2, 0.25) is 0 Å². The van der Waals surface area contributed by atoms with Crippen LogP contribution < -0.4 is 15.5 Å². The van der Waals surface area contributed by atoms with Crippen molar-refractivity contribution in [1.82, 2.24) is 0 Å². The van der Waals surface area contributed by atoms with Crippen LogP contribution in [0, 0.1) is 0 Å². The van der Waals surface area contributed by atoms with Crippen LogP contribution in [0.4, 0.5) is 17.1 Å². The Labute approximate surface area is 158 Å². The van der Waals surface area contributed by atoms with Crippen molar-refractivity contribution in [2.24, 2.45) is 0 Å². The average molecular weight is 369 g/mol. The van der Waals surface area contributed by atoms with E-state index in [0.29, 0.717) is 11.4 Å². The first-order valence-corrected chi connectivity index (χ1v) is 9.99. The summed E-state index contributed by atoms with van der Waals surface area (Å²) in [4.78, 5) is 27.6. The molecule has 26 heavy (non-hydrogen) atoms. The van der Waals surface area contributed by atoms with Crippen LogP contribution in [-0.4, -0.2) is 31.2 Å². The van der Waals surface area contributed by atoms with Crippen LogP contribution in [0.3, 0.4) is 0 Å². The molecule has 0 aromatic heterocycles. The van der Waals surface area contributed by atoms with E-state index in [2.05, 4.69) is 15.5 Å². The summed E-state index contributed by atoms with van der Waals surface area (Å²) in [6, 6.07) is 15.0. The molecule has 0 bridgehead atoms. The van der Waals surface area contributed by atoms with Crippen molar-refractivity contribution in [3.8, 4) is 0 Å². The summed E-state index contributed by atoms with van der Waals surface area (Å²) in [5.74, 6) is -1.35. The molecule has 2 aromatic rings. The van der Waals surface area contributed by atoms with Gasteiger partial charge >= 0.3 is 11.8 Å². The number of nitrogens with zero attached hydrogens (tertiary/aromatic N) is 1. The Kier molecular flexibility index (Phi) is 6.17. The van der Waals surface area contributed by atoms with E-state index in [1.165, 1.54) is 19.3 Å². The topological polar surface area (TPSA) is 61.4 Å². The van der Waals surface area contributed by atoms with Crippen LogP contribution in [-0.2, 0) is 9.59 Å². The highest BCUT2D eigenvalue weighted by atomic mass is 32.2.